The van der Waals surface area contributed by atoms with Crippen molar-refractivity contribution in [3.8, 4) is 11.5 Å². The van der Waals surface area contributed by atoms with Gasteiger partial charge in [0.15, 0.2) is 17.3 Å². The molecule has 2 aromatic carbocycles. The van der Waals surface area contributed by atoms with Gasteiger partial charge in [-0.15, -0.1) is 0 Å². The Kier molecular flexibility index (Phi) is 60.2. The van der Waals surface area contributed by atoms with Gasteiger partial charge < -0.3 is 112 Å². The molecule has 0 unspecified atom stereocenters. The van der Waals surface area contributed by atoms with Crippen LogP contribution in [0.1, 0.15) is 47.4 Å². The third kappa shape index (κ3) is 54.0. The van der Waals surface area contributed by atoms with Crippen LogP contribution in [0.15, 0.2) is 36.4 Å². The summed E-state index contributed by atoms with van der Waals surface area (Å²) in [6.07, 6.45) is 0.949. The van der Waals surface area contributed by atoms with Gasteiger partial charge in [0, 0.05) is 68.4 Å². The molecule has 0 spiro atoms. The minimum absolute atomic E-state index is 0. The molecule has 0 bridgehead atoms. The molecule has 0 saturated carbocycles. The molecule has 0 fully saturated rings. The number of rotatable bonds is 56. The third-order valence-electron chi connectivity index (χ3n) is 9.90. The molecule has 0 saturated heterocycles. The number of Topliss-reactive ketones (excluding diaryl/α,β-unsaturated/α-hetero) is 3. The molecule has 2 rings (SSSR count). The summed E-state index contributed by atoms with van der Waals surface area (Å²) >= 11 is 0. The Hall–Kier alpha value is -3.96. The van der Waals surface area contributed by atoms with Crippen LogP contribution in [0.25, 0.3) is 0 Å². The molecule has 0 aliphatic carbocycles. The van der Waals surface area contributed by atoms with Gasteiger partial charge in [0.25, 0.3) is 0 Å². The van der Waals surface area contributed by atoms with Crippen molar-refractivity contribution >= 4 is 34.7 Å². The molecular weight excluding hydrogens is 1080 g/mol. The molecule has 0 amide bonds. The molecule has 0 atom stereocenters. The average molecular weight is 1170 g/mol. The van der Waals surface area contributed by atoms with E-state index in [0.29, 0.717) is 246 Å². The number of hydrogen-bond donors (Lipinski definition) is 3. The van der Waals surface area contributed by atoms with Crippen molar-refractivity contribution in [1.29, 1.82) is 0 Å². The van der Waals surface area contributed by atoms with Crippen LogP contribution in [0.2, 0.25) is 0 Å². The molecule has 468 valence electrons. The maximum absolute atomic E-state index is 12.0. The average Bonchev–Trinajstić information content (AvgIpc) is 3.50. The number of carboxylic acids is 1. The molecule has 6 N–H and O–H groups in total. The molecule has 2 aromatic rings. The summed E-state index contributed by atoms with van der Waals surface area (Å²) in [6.45, 7) is 18.7. The molecule has 0 aromatic heterocycles. The Balaban J connectivity index is 0. The molecular formula is C55H94LiN3O23. The zero-order valence-corrected chi connectivity index (χ0v) is 49.3. The summed E-state index contributed by atoms with van der Waals surface area (Å²) in [5.74, 6) is -0.873. The Morgan fingerprint density at radius 1 is 0.390 bits per heavy atom. The quantitative estimate of drug-likeness (QED) is 0.0287. The molecule has 0 aliphatic heterocycles. The smallest absolute Gasteiger partial charge is 0.546 e. The third-order valence-corrected chi connectivity index (χ3v) is 9.90. The van der Waals surface area contributed by atoms with E-state index in [2.05, 4.69) is 0 Å². The Morgan fingerprint density at radius 2 is 0.646 bits per heavy atom. The van der Waals surface area contributed by atoms with E-state index in [-0.39, 0.29) is 48.5 Å². The Bertz CT molecular complexity index is 1790. The number of nitrogen functional groups attached to an aromatic ring is 2. The number of carbonyl (C=O) groups excluding carboxylic acids is 4. The molecule has 27 heteroatoms. The topological polar surface area (TPSA) is 336 Å². The van der Waals surface area contributed by atoms with Crippen LogP contribution in [0.5, 0.6) is 11.5 Å². The van der Waals surface area contributed by atoms with Gasteiger partial charge in [0.1, 0.15) is 24.7 Å². The first-order valence-electron chi connectivity index (χ1n) is 27.0. The predicted octanol–water partition coefficient (Wildman–Crippen LogP) is -1.73. The van der Waals surface area contributed by atoms with Crippen molar-refractivity contribution < 1.29 is 128 Å². The normalized spacial score (nSPS) is 10.8. The number of ether oxygens (including phenoxy) is 18. The summed E-state index contributed by atoms with van der Waals surface area (Å²) in [4.78, 5) is 44.5. The van der Waals surface area contributed by atoms with Crippen LogP contribution in [0.4, 0.5) is 11.4 Å². The van der Waals surface area contributed by atoms with Crippen LogP contribution in [0, 0.1) is 0 Å². The van der Waals surface area contributed by atoms with Crippen molar-refractivity contribution in [2.75, 3.05) is 244 Å². The largest absolute Gasteiger partial charge is 1.00 e. The zero-order valence-electron chi connectivity index (χ0n) is 49.3. The molecule has 0 radical (unpaired) electrons. The van der Waals surface area contributed by atoms with E-state index in [4.69, 9.17) is 102 Å². The van der Waals surface area contributed by atoms with E-state index in [9.17, 15) is 24.3 Å². The number of benzene rings is 2. The monoisotopic (exact) mass is 1170 g/mol. The van der Waals surface area contributed by atoms with Gasteiger partial charge in [-0.05, 0) is 44.5 Å². The van der Waals surface area contributed by atoms with Crippen molar-refractivity contribution in [2.24, 2.45) is 5.73 Å². The van der Waals surface area contributed by atoms with Crippen LogP contribution in [-0.4, -0.2) is 256 Å². The van der Waals surface area contributed by atoms with Crippen LogP contribution in [0.3, 0.4) is 0 Å². The van der Waals surface area contributed by atoms with E-state index in [1.165, 1.54) is 32.0 Å². The Labute approximate surface area is 496 Å². The van der Waals surface area contributed by atoms with Gasteiger partial charge >= 0.3 is 18.9 Å². The van der Waals surface area contributed by atoms with Crippen molar-refractivity contribution in [1.82, 2.24) is 0 Å². The van der Waals surface area contributed by atoms with E-state index in [1.807, 2.05) is 0 Å². The number of methoxy groups -OCH3 is 2. The fraction of sp³-hybridized carbons (Fsp3) is 0.709. The number of ketones is 3. The maximum Gasteiger partial charge on any atom is 1.00 e. The van der Waals surface area contributed by atoms with Crippen LogP contribution >= 0.6 is 0 Å². The SMILES string of the molecule is CC(=O)c1ccc(OCC(=O)[O-])cc1N.COCCOCCOCCOCCOCCOCCOCCOCCCC(=O)COc1ccc(C(C)=O)c(N)c1.COCCOCCOCCOCCOCCOCCOCCOCCN.[Li+]. The number of hydrogen-bond acceptors (Lipinski definition) is 26. The van der Waals surface area contributed by atoms with Crippen LogP contribution < -0.4 is 50.6 Å². The van der Waals surface area contributed by atoms with Gasteiger partial charge in [-0.2, -0.15) is 0 Å². The zero-order chi connectivity index (χ0) is 59.5. The first kappa shape index (κ1) is 80.1. The molecule has 0 aliphatic rings. The molecule has 26 nitrogen and oxygen atoms in total. The van der Waals surface area contributed by atoms with Gasteiger partial charge in [-0.25, -0.2) is 0 Å². The minimum Gasteiger partial charge on any atom is -0.546 e. The summed E-state index contributed by atoms with van der Waals surface area (Å²) in [6, 6.07) is 9.14. The first-order valence-corrected chi connectivity index (χ1v) is 27.0. The van der Waals surface area contributed by atoms with E-state index in [1.54, 1.807) is 32.4 Å². The van der Waals surface area contributed by atoms with Gasteiger partial charge in [0.2, 0.25) is 0 Å². The van der Waals surface area contributed by atoms with Crippen molar-refractivity contribution in [3.63, 3.8) is 0 Å². The van der Waals surface area contributed by atoms with Gasteiger partial charge in [0.05, 0.1) is 198 Å². The van der Waals surface area contributed by atoms with Crippen molar-refractivity contribution in [2.45, 2.75) is 26.7 Å². The summed E-state index contributed by atoms with van der Waals surface area (Å²) in [7, 11) is 3.28. The van der Waals surface area contributed by atoms with Crippen molar-refractivity contribution in [3.05, 3.63) is 47.5 Å². The first-order chi connectivity index (χ1) is 39.5. The van der Waals surface area contributed by atoms with E-state index in [0.717, 1.165) is 0 Å². The number of carbonyl (C=O) groups is 4. The van der Waals surface area contributed by atoms with E-state index >= 15 is 0 Å². The molecule has 82 heavy (non-hydrogen) atoms. The fourth-order valence-corrected chi connectivity index (χ4v) is 5.86. The Morgan fingerprint density at radius 3 is 0.890 bits per heavy atom. The number of anilines is 2. The minimum atomic E-state index is -1.32. The molecule has 0 heterocycles. The van der Waals surface area contributed by atoms with Crippen LogP contribution in [-0.2, 0) is 85.4 Å². The standard InChI is InChI=1S/C28H47NO11.C17H37NO8.C10H11NO4.Li/c1-24(30)27-6-5-26(22-28(27)29)40-23-25(31)4-3-7-33-10-11-35-14-15-37-18-19-39-21-20-38-17-16-36-13-12-34-9-8-32-2;1-19-4-5-21-8-9-23-12-13-25-16-17-26-15-14-24-11-10-22-7-6-20-3-2-18;1-6(12)8-3-2-7(4-9(8)11)15-5-10(13)14;/h5-6,22H,3-4,7-21,23,29H2,1-2H3;2-18H2,1H3;2-4H,5,11H2,1H3,(H,13,14);/q;;;+1/p-1. The second-order valence-electron chi connectivity index (χ2n) is 16.5. The number of aliphatic carboxylic acids is 1. The summed E-state index contributed by atoms with van der Waals surface area (Å²) in [5.41, 5.74) is 18.1. The fourth-order valence-electron chi connectivity index (χ4n) is 5.86. The predicted molar refractivity (Wildman–Crippen MR) is 296 cm³/mol. The summed E-state index contributed by atoms with van der Waals surface area (Å²) < 4.78 is 95.2. The van der Waals surface area contributed by atoms with Gasteiger partial charge in [-0.1, -0.05) is 0 Å². The second-order valence-corrected chi connectivity index (χ2v) is 16.5. The van der Waals surface area contributed by atoms with E-state index < -0.39 is 12.6 Å². The number of carboxylic acid groups (broad SMARTS) is 1. The van der Waals surface area contributed by atoms with Gasteiger partial charge in [-0.3, -0.25) is 14.4 Å². The number of nitrogens with two attached hydrogens (primary N) is 3. The summed E-state index contributed by atoms with van der Waals surface area (Å²) in [5, 5.41) is 10.1. The second kappa shape index (κ2) is 61.6. The maximum atomic E-state index is 12.0.